The second-order valence-corrected chi connectivity index (χ2v) is 8.22. The molecule has 2 amide bonds. The molecule has 0 aromatic heterocycles. The predicted octanol–water partition coefficient (Wildman–Crippen LogP) is 5.15. The summed E-state index contributed by atoms with van der Waals surface area (Å²) in [5.74, 6) is 0.0695. The van der Waals surface area contributed by atoms with E-state index in [-0.39, 0.29) is 5.57 Å². The third kappa shape index (κ3) is 4.64. The highest BCUT2D eigenvalue weighted by molar-refractivity contribution is 9.10. The predicted molar refractivity (Wildman–Crippen MR) is 127 cm³/mol. The molecule has 0 bridgehead atoms. The number of hydrazine groups is 1. The van der Waals surface area contributed by atoms with Gasteiger partial charge in [0.2, 0.25) is 0 Å². The number of methoxy groups -OCH3 is 1. The smallest absolute Gasteiger partial charge is 0.282 e. The molecule has 0 aliphatic carbocycles. The van der Waals surface area contributed by atoms with Gasteiger partial charge in [-0.3, -0.25) is 15.0 Å². The molecule has 4 rings (SSSR count). The van der Waals surface area contributed by atoms with Gasteiger partial charge in [0.05, 0.1) is 17.3 Å². The Labute approximate surface area is 198 Å². The molecule has 8 heteroatoms. The third-order valence-electron chi connectivity index (χ3n) is 4.77. The van der Waals surface area contributed by atoms with Gasteiger partial charge in [0.25, 0.3) is 11.8 Å². The first-order chi connectivity index (χ1) is 15.5. The summed E-state index contributed by atoms with van der Waals surface area (Å²) in [5.41, 5.74) is 4.75. The van der Waals surface area contributed by atoms with E-state index < -0.39 is 11.8 Å². The molecule has 162 valence electrons. The molecule has 3 aromatic rings. The number of para-hydroxylation sites is 1. The summed E-state index contributed by atoms with van der Waals surface area (Å²) >= 11 is 9.43. The van der Waals surface area contributed by atoms with Gasteiger partial charge in [-0.1, -0.05) is 41.9 Å². The number of nitrogens with one attached hydrogen (secondary N) is 1. The zero-order valence-electron chi connectivity index (χ0n) is 17.0. The SMILES string of the molecule is COc1cc(/C=C2/C(=O)NN(c3ccccc3)C2=O)cc(Br)c1OCc1ccc(Cl)cc1. The summed E-state index contributed by atoms with van der Waals surface area (Å²) in [5, 5.41) is 1.88. The molecule has 1 N–H and O–H groups in total. The Morgan fingerprint density at radius 1 is 1.06 bits per heavy atom. The Morgan fingerprint density at radius 3 is 2.47 bits per heavy atom. The van der Waals surface area contributed by atoms with E-state index in [9.17, 15) is 9.59 Å². The van der Waals surface area contributed by atoms with E-state index >= 15 is 0 Å². The maximum atomic E-state index is 12.8. The lowest BCUT2D eigenvalue weighted by Crippen LogP contribution is -2.35. The van der Waals surface area contributed by atoms with Crippen LogP contribution >= 0.6 is 27.5 Å². The number of ether oxygens (including phenoxy) is 2. The van der Waals surface area contributed by atoms with Crippen molar-refractivity contribution in [3.05, 3.63) is 92.9 Å². The van der Waals surface area contributed by atoms with Crippen LogP contribution in [0.15, 0.2) is 76.8 Å². The Balaban J connectivity index is 1.58. The Bertz CT molecular complexity index is 1200. The molecule has 1 fully saturated rings. The number of carbonyl (C=O) groups excluding carboxylic acids is 2. The van der Waals surface area contributed by atoms with E-state index in [0.717, 1.165) is 5.56 Å². The average molecular weight is 514 g/mol. The second kappa shape index (κ2) is 9.46. The van der Waals surface area contributed by atoms with Crippen molar-refractivity contribution < 1.29 is 19.1 Å². The van der Waals surface area contributed by atoms with E-state index in [2.05, 4.69) is 21.4 Å². The summed E-state index contributed by atoms with van der Waals surface area (Å²) in [6, 6.07) is 19.7. The minimum absolute atomic E-state index is 0.0256. The van der Waals surface area contributed by atoms with Gasteiger partial charge in [-0.25, -0.2) is 5.01 Å². The van der Waals surface area contributed by atoms with Gasteiger partial charge in [0, 0.05) is 5.02 Å². The number of hydrogen-bond donors (Lipinski definition) is 1. The lowest BCUT2D eigenvalue weighted by molar-refractivity contribution is -0.117. The summed E-state index contributed by atoms with van der Waals surface area (Å²) in [7, 11) is 1.53. The third-order valence-corrected chi connectivity index (χ3v) is 5.61. The Morgan fingerprint density at radius 2 is 1.78 bits per heavy atom. The lowest BCUT2D eigenvalue weighted by Gasteiger charge is -2.14. The molecule has 32 heavy (non-hydrogen) atoms. The monoisotopic (exact) mass is 512 g/mol. The first kappa shape index (κ1) is 21.9. The molecule has 1 heterocycles. The number of carbonyl (C=O) groups is 2. The Hall–Kier alpha value is -3.29. The number of benzene rings is 3. The Kier molecular flexibility index (Phi) is 6.48. The maximum absolute atomic E-state index is 12.8. The summed E-state index contributed by atoms with van der Waals surface area (Å²) in [6.07, 6.45) is 1.52. The first-order valence-corrected chi connectivity index (χ1v) is 10.8. The van der Waals surface area contributed by atoms with Gasteiger partial charge in [0.15, 0.2) is 11.5 Å². The molecule has 0 unspecified atom stereocenters. The molecule has 0 spiro atoms. The van der Waals surface area contributed by atoms with E-state index in [1.54, 1.807) is 48.5 Å². The minimum Gasteiger partial charge on any atom is -0.493 e. The minimum atomic E-state index is -0.475. The summed E-state index contributed by atoms with van der Waals surface area (Å²) in [6.45, 7) is 0.319. The van der Waals surface area contributed by atoms with Crippen molar-refractivity contribution in [2.24, 2.45) is 0 Å². The van der Waals surface area contributed by atoms with Gasteiger partial charge in [0.1, 0.15) is 12.2 Å². The van der Waals surface area contributed by atoms with E-state index in [0.29, 0.717) is 38.9 Å². The second-order valence-electron chi connectivity index (χ2n) is 6.92. The maximum Gasteiger partial charge on any atom is 0.282 e. The van der Waals surface area contributed by atoms with Crippen molar-refractivity contribution in [3.8, 4) is 11.5 Å². The van der Waals surface area contributed by atoms with Crippen LogP contribution in [-0.4, -0.2) is 18.9 Å². The number of amides is 2. The molecule has 1 aliphatic heterocycles. The average Bonchev–Trinajstić information content (AvgIpc) is 3.08. The lowest BCUT2D eigenvalue weighted by atomic mass is 10.1. The number of rotatable bonds is 6. The van der Waals surface area contributed by atoms with Crippen molar-refractivity contribution in [2.75, 3.05) is 12.1 Å². The first-order valence-electron chi connectivity index (χ1n) is 9.63. The van der Waals surface area contributed by atoms with Gasteiger partial charge in [-0.15, -0.1) is 0 Å². The number of halogens is 2. The highest BCUT2D eigenvalue weighted by Crippen LogP contribution is 2.38. The normalized spacial score (nSPS) is 14.6. The summed E-state index contributed by atoms with van der Waals surface area (Å²) in [4.78, 5) is 25.3. The molecule has 1 aliphatic rings. The van der Waals surface area contributed by atoms with Crippen LogP contribution < -0.4 is 19.9 Å². The standard InChI is InChI=1S/C24H18BrClN2O4/c1-31-21-13-16(12-20(25)22(21)32-14-15-7-9-17(26)10-8-15)11-19-23(29)27-28(24(19)30)18-5-3-2-4-6-18/h2-13H,14H2,1H3,(H,27,29)/b19-11-. The topological polar surface area (TPSA) is 67.9 Å². The number of hydrogen-bond acceptors (Lipinski definition) is 4. The van der Waals surface area contributed by atoms with E-state index in [1.807, 2.05) is 18.2 Å². The van der Waals surface area contributed by atoms with Crippen LogP contribution in [0.5, 0.6) is 11.5 Å². The van der Waals surface area contributed by atoms with Gasteiger partial charge >= 0.3 is 0 Å². The van der Waals surface area contributed by atoms with Crippen LogP contribution in [0.2, 0.25) is 5.02 Å². The van der Waals surface area contributed by atoms with Crippen LogP contribution in [0.1, 0.15) is 11.1 Å². The van der Waals surface area contributed by atoms with Crippen molar-refractivity contribution in [2.45, 2.75) is 6.61 Å². The highest BCUT2D eigenvalue weighted by atomic mass is 79.9. The van der Waals surface area contributed by atoms with Gasteiger partial charge in [-0.05, 0) is 69.5 Å². The van der Waals surface area contributed by atoms with Gasteiger partial charge < -0.3 is 9.47 Å². The quantitative estimate of drug-likeness (QED) is 0.366. The van der Waals surface area contributed by atoms with E-state index in [1.165, 1.54) is 18.2 Å². The zero-order valence-corrected chi connectivity index (χ0v) is 19.3. The fourth-order valence-corrected chi connectivity index (χ4v) is 3.88. The highest BCUT2D eigenvalue weighted by Gasteiger charge is 2.34. The molecule has 6 nitrogen and oxygen atoms in total. The van der Waals surface area contributed by atoms with Crippen molar-refractivity contribution in [1.82, 2.24) is 5.43 Å². The summed E-state index contributed by atoms with van der Waals surface area (Å²) < 4.78 is 12.0. The molecule has 3 aromatic carbocycles. The van der Waals surface area contributed by atoms with Crippen LogP contribution in [0.3, 0.4) is 0 Å². The van der Waals surface area contributed by atoms with Crippen molar-refractivity contribution >= 4 is 51.1 Å². The van der Waals surface area contributed by atoms with Crippen LogP contribution in [-0.2, 0) is 16.2 Å². The molecular formula is C24H18BrClN2O4. The van der Waals surface area contributed by atoms with Crippen molar-refractivity contribution in [1.29, 1.82) is 0 Å². The fourth-order valence-electron chi connectivity index (χ4n) is 3.18. The van der Waals surface area contributed by atoms with Crippen LogP contribution in [0.4, 0.5) is 5.69 Å². The van der Waals surface area contributed by atoms with Crippen molar-refractivity contribution in [3.63, 3.8) is 0 Å². The van der Waals surface area contributed by atoms with Crippen LogP contribution in [0.25, 0.3) is 6.08 Å². The molecule has 0 saturated carbocycles. The number of anilines is 1. The molecule has 0 atom stereocenters. The van der Waals surface area contributed by atoms with E-state index in [4.69, 9.17) is 21.1 Å². The molecule has 1 saturated heterocycles. The molecular weight excluding hydrogens is 496 g/mol. The largest absolute Gasteiger partial charge is 0.493 e. The zero-order chi connectivity index (χ0) is 22.7. The van der Waals surface area contributed by atoms with Crippen LogP contribution in [0, 0.1) is 0 Å². The number of nitrogens with zero attached hydrogens (tertiary/aromatic N) is 1. The molecule has 0 radical (unpaired) electrons. The van der Waals surface area contributed by atoms with Gasteiger partial charge in [-0.2, -0.15) is 0 Å². The fraction of sp³-hybridized carbons (Fsp3) is 0.0833.